The second kappa shape index (κ2) is 8.85. The second-order valence-corrected chi connectivity index (χ2v) is 7.24. The summed E-state index contributed by atoms with van der Waals surface area (Å²) in [5.41, 5.74) is 1.90. The molecule has 136 valence electrons. The van der Waals surface area contributed by atoms with E-state index in [4.69, 9.17) is 0 Å². The molecule has 26 heavy (non-hydrogen) atoms. The van der Waals surface area contributed by atoms with E-state index in [0.717, 1.165) is 28.8 Å². The molecule has 2 aromatic rings. The van der Waals surface area contributed by atoms with Gasteiger partial charge in [-0.1, -0.05) is 40.2 Å². The molecule has 1 fully saturated rings. The van der Waals surface area contributed by atoms with Crippen molar-refractivity contribution in [2.75, 3.05) is 29.9 Å². The number of rotatable bonds is 7. The van der Waals surface area contributed by atoms with Gasteiger partial charge in [0.25, 0.3) is 0 Å². The molecular weight excluding hydrogens is 394 g/mol. The molecule has 1 saturated heterocycles. The largest absolute Gasteiger partial charge is 0.385 e. The van der Waals surface area contributed by atoms with Gasteiger partial charge in [-0.3, -0.25) is 9.59 Å². The number of amides is 2. The number of anilines is 2. The van der Waals surface area contributed by atoms with Crippen molar-refractivity contribution in [3.8, 4) is 0 Å². The zero-order chi connectivity index (χ0) is 18.4. The van der Waals surface area contributed by atoms with Crippen molar-refractivity contribution in [2.24, 2.45) is 5.92 Å². The molecule has 2 N–H and O–H groups in total. The molecule has 2 aromatic carbocycles. The Labute approximate surface area is 161 Å². The molecule has 1 atom stereocenters. The van der Waals surface area contributed by atoms with Gasteiger partial charge in [-0.15, -0.1) is 0 Å². The lowest BCUT2D eigenvalue weighted by Crippen LogP contribution is -2.34. The van der Waals surface area contributed by atoms with Crippen LogP contribution in [0.3, 0.4) is 0 Å². The highest BCUT2D eigenvalue weighted by molar-refractivity contribution is 9.10. The van der Waals surface area contributed by atoms with Crippen LogP contribution < -0.4 is 15.5 Å². The van der Waals surface area contributed by atoms with Crippen molar-refractivity contribution < 1.29 is 9.59 Å². The van der Waals surface area contributed by atoms with Crippen LogP contribution in [-0.2, 0) is 9.59 Å². The quantitative estimate of drug-likeness (QED) is 0.680. The minimum atomic E-state index is -0.288. The Kier molecular flexibility index (Phi) is 6.28. The molecule has 1 unspecified atom stereocenters. The molecule has 6 heteroatoms. The molecule has 0 saturated carbocycles. The lowest BCUT2D eigenvalue weighted by atomic mass is 10.1. The Hall–Kier alpha value is -2.34. The molecule has 0 spiro atoms. The number of benzene rings is 2. The molecule has 0 aromatic heterocycles. The Morgan fingerprint density at radius 1 is 1.12 bits per heavy atom. The number of carbonyl (C=O) groups excluding carboxylic acids is 2. The van der Waals surface area contributed by atoms with E-state index in [1.165, 1.54) is 0 Å². The average molecular weight is 416 g/mol. The first-order valence-electron chi connectivity index (χ1n) is 8.76. The van der Waals surface area contributed by atoms with Crippen LogP contribution >= 0.6 is 15.9 Å². The minimum Gasteiger partial charge on any atom is -0.385 e. The molecule has 0 aliphatic carbocycles. The lowest BCUT2D eigenvalue weighted by molar-refractivity contribution is -0.126. The highest BCUT2D eigenvalue weighted by Gasteiger charge is 2.34. The fraction of sp³-hybridized carbons (Fsp3) is 0.300. The predicted molar refractivity (Wildman–Crippen MR) is 107 cm³/mol. The number of hydrogen-bond acceptors (Lipinski definition) is 3. The van der Waals surface area contributed by atoms with Gasteiger partial charge in [0.05, 0.1) is 5.92 Å². The van der Waals surface area contributed by atoms with Crippen molar-refractivity contribution in [1.82, 2.24) is 5.32 Å². The Bertz CT molecular complexity index is 767. The van der Waals surface area contributed by atoms with Gasteiger partial charge in [0, 0.05) is 41.9 Å². The van der Waals surface area contributed by atoms with E-state index in [9.17, 15) is 9.59 Å². The van der Waals surface area contributed by atoms with E-state index in [1.807, 2.05) is 54.6 Å². The number of halogens is 1. The first-order chi connectivity index (χ1) is 12.6. The van der Waals surface area contributed by atoms with Gasteiger partial charge in [-0.05, 0) is 36.8 Å². The van der Waals surface area contributed by atoms with Crippen LogP contribution in [0.25, 0.3) is 0 Å². The smallest absolute Gasteiger partial charge is 0.227 e. The van der Waals surface area contributed by atoms with E-state index >= 15 is 0 Å². The van der Waals surface area contributed by atoms with E-state index in [1.54, 1.807) is 4.90 Å². The molecular formula is C20H22BrN3O2. The van der Waals surface area contributed by atoms with Crippen molar-refractivity contribution in [2.45, 2.75) is 12.8 Å². The fourth-order valence-electron chi connectivity index (χ4n) is 3.01. The summed E-state index contributed by atoms with van der Waals surface area (Å²) >= 11 is 3.42. The van der Waals surface area contributed by atoms with Gasteiger partial charge in [0.2, 0.25) is 11.8 Å². The standard InChI is InChI=1S/C20H22BrN3O2/c21-16-6-4-9-18(13-16)24-14-15(12-19(24)25)20(26)23-11-5-10-22-17-7-2-1-3-8-17/h1-4,6-9,13,15,22H,5,10-12,14H2,(H,23,26). The summed E-state index contributed by atoms with van der Waals surface area (Å²) < 4.78 is 0.918. The first-order valence-corrected chi connectivity index (χ1v) is 9.55. The van der Waals surface area contributed by atoms with Crippen molar-refractivity contribution in [3.05, 3.63) is 59.1 Å². The van der Waals surface area contributed by atoms with Gasteiger partial charge in [0.1, 0.15) is 0 Å². The summed E-state index contributed by atoms with van der Waals surface area (Å²) in [6, 6.07) is 17.6. The normalized spacial score (nSPS) is 16.6. The number of nitrogens with zero attached hydrogens (tertiary/aromatic N) is 1. The molecule has 2 amide bonds. The van der Waals surface area contributed by atoms with Crippen LogP contribution in [-0.4, -0.2) is 31.4 Å². The van der Waals surface area contributed by atoms with E-state index < -0.39 is 0 Å². The lowest BCUT2D eigenvalue weighted by Gasteiger charge is -2.17. The summed E-state index contributed by atoms with van der Waals surface area (Å²) in [4.78, 5) is 26.3. The van der Waals surface area contributed by atoms with Crippen LogP contribution in [0.5, 0.6) is 0 Å². The Morgan fingerprint density at radius 3 is 2.69 bits per heavy atom. The predicted octanol–water partition coefficient (Wildman–Crippen LogP) is 3.42. The van der Waals surface area contributed by atoms with E-state index in [0.29, 0.717) is 13.1 Å². The van der Waals surface area contributed by atoms with Crippen LogP contribution in [0.1, 0.15) is 12.8 Å². The van der Waals surface area contributed by atoms with Gasteiger partial charge in [-0.25, -0.2) is 0 Å². The summed E-state index contributed by atoms with van der Waals surface area (Å²) in [6.45, 7) is 1.82. The number of hydrogen-bond donors (Lipinski definition) is 2. The maximum atomic E-state index is 12.3. The SMILES string of the molecule is O=C(NCCCNc1ccccc1)C1CC(=O)N(c2cccc(Br)c2)C1. The third-order valence-corrected chi connectivity index (χ3v) is 4.86. The van der Waals surface area contributed by atoms with Crippen LogP contribution in [0.4, 0.5) is 11.4 Å². The fourth-order valence-corrected chi connectivity index (χ4v) is 3.40. The van der Waals surface area contributed by atoms with Crippen molar-refractivity contribution in [1.29, 1.82) is 0 Å². The van der Waals surface area contributed by atoms with Crippen LogP contribution in [0.15, 0.2) is 59.1 Å². The van der Waals surface area contributed by atoms with Gasteiger partial charge in [0.15, 0.2) is 0 Å². The second-order valence-electron chi connectivity index (χ2n) is 6.32. The zero-order valence-corrected chi connectivity index (χ0v) is 16.0. The summed E-state index contributed by atoms with van der Waals surface area (Å²) in [5, 5.41) is 6.26. The molecule has 3 rings (SSSR count). The number of para-hydroxylation sites is 1. The van der Waals surface area contributed by atoms with Crippen LogP contribution in [0.2, 0.25) is 0 Å². The summed E-state index contributed by atoms with van der Waals surface area (Å²) in [6.07, 6.45) is 1.09. The Balaban J connectivity index is 1.42. The molecule has 1 heterocycles. The van der Waals surface area contributed by atoms with E-state index in [-0.39, 0.29) is 24.2 Å². The third kappa shape index (κ3) is 4.85. The van der Waals surface area contributed by atoms with Crippen molar-refractivity contribution >= 4 is 39.1 Å². The molecule has 1 aliphatic rings. The first kappa shape index (κ1) is 18.5. The average Bonchev–Trinajstić information content (AvgIpc) is 3.04. The zero-order valence-electron chi connectivity index (χ0n) is 14.5. The summed E-state index contributed by atoms with van der Waals surface area (Å²) in [7, 11) is 0. The highest BCUT2D eigenvalue weighted by atomic mass is 79.9. The van der Waals surface area contributed by atoms with Gasteiger partial charge in [-0.2, -0.15) is 0 Å². The third-order valence-electron chi connectivity index (χ3n) is 4.37. The molecule has 0 radical (unpaired) electrons. The number of nitrogens with one attached hydrogen (secondary N) is 2. The van der Waals surface area contributed by atoms with Gasteiger partial charge >= 0.3 is 0 Å². The van der Waals surface area contributed by atoms with Crippen molar-refractivity contribution in [3.63, 3.8) is 0 Å². The molecule has 1 aliphatic heterocycles. The topological polar surface area (TPSA) is 61.4 Å². The maximum Gasteiger partial charge on any atom is 0.227 e. The highest BCUT2D eigenvalue weighted by Crippen LogP contribution is 2.27. The molecule has 0 bridgehead atoms. The van der Waals surface area contributed by atoms with E-state index in [2.05, 4.69) is 26.6 Å². The Morgan fingerprint density at radius 2 is 1.92 bits per heavy atom. The minimum absolute atomic E-state index is 0.00556. The monoisotopic (exact) mass is 415 g/mol. The van der Waals surface area contributed by atoms with Crippen LogP contribution in [0, 0.1) is 5.92 Å². The van der Waals surface area contributed by atoms with Gasteiger partial charge < -0.3 is 15.5 Å². The molecule has 5 nitrogen and oxygen atoms in total. The maximum absolute atomic E-state index is 12.3. The summed E-state index contributed by atoms with van der Waals surface area (Å²) in [5.74, 6) is -0.340. The number of carbonyl (C=O) groups is 2.